The Bertz CT molecular complexity index is 187. The van der Waals surface area contributed by atoms with Crippen LogP contribution in [-0.4, -0.2) is 35.7 Å². The summed E-state index contributed by atoms with van der Waals surface area (Å²) in [4.78, 5) is 2.44. The SMILES string of the molecule is CC(O)CN1CCC2(CCCCC2)CC1. The van der Waals surface area contributed by atoms with Gasteiger partial charge in [0.2, 0.25) is 0 Å². The lowest BCUT2D eigenvalue weighted by Crippen LogP contribution is -2.43. The molecule has 0 aromatic heterocycles. The summed E-state index contributed by atoms with van der Waals surface area (Å²) in [5, 5.41) is 9.36. The van der Waals surface area contributed by atoms with Gasteiger partial charge in [0.25, 0.3) is 0 Å². The first-order chi connectivity index (χ1) is 7.20. The molecule has 0 amide bonds. The molecule has 1 spiro atoms. The predicted molar refractivity (Wildman–Crippen MR) is 62.9 cm³/mol. The van der Waals surface area contributed by atoms with E-state index < -0.39 is 0 Å². The normalized spacial score (nSPS) is 29.2. The minimum atomic E-state index is -0.162. The lowest BCUT2D eigenvalue weighted by Gasteiger charge is -2.44. The molecule has 2 aliphatic rings. The van der Waals surface area contributed by atoms with Crippen LogP contribution in [0.15, 0.2) is 0 Å². The molecule has 2 heteroatoms. The van der Waals surface area contributed by atoms with Gasteiger partial charge in [0.1, 0.15) is 0 Å². The van der Waals surface area contributed by atoms with Gasteiger partial charge in [0.15, 0.2) is 0 Å². The number of hydrogen-bond acceptors (Lipinski definition) is 2. The fraction of sp³-hybridized carbons (Fsp3) is 1.00. The second-order valence-electron chi connectivity index (χ2n) is 5.71. The molecule has 88 valence electrons. The van der Waals surface area contributed by atoms with E-state index in [4.69, 9.17) is 0 Å². The number of aliphatic hydroxyl groups excluding tert-OH is 1. The third kappa shape index (κ3) is 2.94. The largest absolute Gasteiger partial charge is 0.392 e. The molecular formula is C13H25NO. The third-order valence-corrected chi connectivity index (χ3v) is 4.35. The lowest BCUT2D eigenvalue weighted by molar-refractivity contribution is 0.0427. The maximum atomic E-state index is 9.36. The zero-order valence-corrected chi connectivity index (χ0v) is 10.0. The molecule has 2 fully saturated rings. The van der Waals surface area contributed by atoms with Gasteiger partial charge in [0.05, 0.1) is 6.10 Å². The third-order valence-electron chi connectivity index (χ3n) is 4.35. The molecule has 15 heavy (non-hydrogen) atoms. The van der Waals surface area contributed by atoms with Gasteiger partial charge in [0, 0.05) is 6.54 Å². The monoisotopic (exact) mass is 211 g/mol. The van der Waals surface area contributed by atoms with E-state index in [-0.39, 0.29) is 6.10 Å². The smallest absolute Gasteiger partial charge is 0.0639 e. The first-order valence-electron chi connectivity index (χ1n) is 6.61. The summed E-state index contributed by atoms with van der Waals surface area (Å²) in [5.41, 5.74) is 0.702. The van der Waals surface area contributed by atoms with Gasteiger partial charge in [-0.25, -0.2) is 0 Å². The second-order valence-corrected chi connectivity index (χ2v) is 5.71. The van der Waals surface area contributed by atoms with Crippen LogP contribution in [0.1, 0.15) is 51.9 Å². The molecule has 1 aliphatic heterocycles. The second kappa shape index (κ2) is 4.84. The van der Waals surface area contributed by atoms with Crippen molar-refractivity contribution in [2.24, 2.45) is 5.41 Å². The molecule has 1 N–H and O–H groups in total. The Hall–Kier alpha value is -0.0800. The van der Waals surface area contributed by atoms with Crippen LogP contribution in [-0.2, 0) is 0 Å². The Labute approximate surface area is 93.7 Å². The summed E-state index contributed by atoms with van der Waals surface area (Å²) in [6.45, 7) is 5.19. The van der Waals surface area contributed by atoms with Crippen LogP contribution in [0.3, 0.4) is 0 Å². The first kappa shape index (κ1) is 11.4. The molecule has 2 nitrogen and oxygen atoms in total. The minimum absolute atomic E-state index is 0.162. The van der Waals surface area contributed by atoms with Crippen molar-refractivity contribution in [1.82, 2.24) is 4.90 Å². The summed E-state index contributed by atoms with van der Waals surface area (Å²) in [6, 6.07) is 0. The highest BCUT2D eigenvalue weighted by molar-refractivity contribution is 4.88. The van der Waals surface area contributed by atoms with Crippen molar-refractivity contribution in [3.8, 4) is 0 Å². The Morgan fingerprint density at radius 1 is 1.07 bits per heavy atom. The summed E-state index contributed by atoms with van der Waals surface area (Å²) in [5.74, 6) is 0. The molecule has 1 aliphatic carbocycles. The van der Waals surface area contributed by atoms with Crippen molar-refractivity contribution >= 4 is 0 Å². The number of rotatable bonds is 2. The average Bonchev–Trinajstić information content (AvgIpc) is 2.23. The summed E-state index contributed by atoms with van der Waals surface area (Å²) < 4.78 is 0. The maximum absolute atomic E-state index is 9.36. The van der Waals surface area contributed by atoms with Gasteiger partial charge in [-0.1, -0.05) is 19.3 Å². The Morgan fingerprint density at radius 2 is 1.67 bits per heavy atom. The predicted octanol–water partition coefficient (Wildman–Crippen LogP) is 2.41. The van der Waals surface area contributed by atoms with Gasteiger partial charge in [-0.3, -0.25) is 0 Å². The van der Waals surface area contributed by atoms with E-state index in [2.05, 4.69) is 4.90 Å². The van der Waals surface area contributed by atoms with Crippen LogP contribution >= 0.6 is 0 Å². The highest BCUT2D eigenvalue weighted by Crippen LogP contribution is 2.44. The highest BCUT2D eigenvalue weighted by Gasteiger charge is 2.35. The molecule has 0 aromatic rings. The van der Waals surface area contributed by atoms with Crippen LogP contribution < -0.4 is 0 Å². The molecule has 0 radical (unpaired) electrons. The van der Waals surface area contributed by atoms with Crippen LogP contribution in [0.25, 0.3) is 0 Å². The Balaban J connectivity index is 1.80. The highest BCUT2D eigenvalue weighted by atomic mass is 16.3. The number of aliphatic hydroxyl groups is 1. The molecule has 1 unspecified atom stereocenters. The maximum Gasteiger partial charge on any atom is 0.0639 e. The molecule has 2 rings (SSSR count). The molecule has 1 atom stereocenters. The van der Waals surface area contributed by atoms with E-state index in [1.807, 2.05) is 6.92 Å². The standard InChI is InChI=1S/C13H25NO/c1-12(15)11-14-9-7-13(8-10-14)5-3-2-4-6-13/h12,15H,2-11H2,1H3. The van der Waals surface area contributed by atoms with Crippen molar-refractivity contribution < 1.29 is 5.11 Å². The van der Waals surface area contributed by atoms with Gasteiger partial charge in [-0.2, -0.15) is 0 Å². The van der Waals surface area contributed by atoms with Gasteiger partial charge < -0.3 is 10.0 Å². The van der Waals surface area contributed by atoms with Crippen molar-refractivity contribution in [3.63, 3.8) is 0 Å². The van der Waals surface area contributed by atoms with E-state index in [1.165, 1.54) is 58.0 Å². The number of β-amino-alcohol motifs (C(OH)–C–C–N with tert-alkyl or cyclic N) is 1. The van der Waals surface area contributed by atoms with Gasteiger partial charge in [-0.15, -0.1) is 0 Å². The Morgan fingerprint density at radius 3 is 2.20 bits per heavy atom. The minimum Gasteiger partial charge on any atom is -0.392 e. The molecule has 1 saturated heterocycles. The van der Waals surface area contributed by atoms with E-state index in [1.54, 1.807) is 0 Å². The quantitative estimate of drug-likeness (QED) is 0.758. The zero-order chi connectivity index (χ0) is 10.7. The lowest BCUT2D eigenvalue weighted by atomic mass is 9.68. The summed E-state index contributed by atoms with van der Waals surface area (Å²) in [6.07, 6.45) is 9.89. The number of piperidine rings is 1. The van der Waals surface area contributed by atoms with Crippen LogP contribution in [0, 0.1) is 5.41 Å². The van der Waals surface area contributed by atoms with Gasteiger partial charge >= 0.3 is 0 Å². The van der Waals surface area contributed by atoms with Crippen molar-refractivity contribution in [2.45, 2.75) is 58.0 Å². The topological polar surface area (TPSA) is 23.5 Å². The number of nitrogens with zero attached hydrogens (tertiary/aromatic N) is 1. The molecule has 1 saturated carbocycles. The fourth-order valence-electron chi connectivity index (χ4n) is 3.39. The van der Waals surface area contributed by atoms with Gasteiger partial charge in [-0.05, 0) is 51.1 Å². The number of likely N-dealkylation sites (tertiary alicyclic amines) is 1. The van der Waals surface area contributed by atoms with E-state index >= 15 is 0 Å². The Kier molecular flexibility index (Phi) is 3.68. The van der Waals surface area contributed by atoms with Crippen LogP contribution in [0.2, 0.25) is 0 Å². The zero-order valence-electron chi connectivity index (χ0n) is 10.0. The molecular weight excluding hydrogens is 186 g/mol. The number of hydrogen-bond donors (Lipinski definition) is 1. The molecule has 0 aromatic carbocycles. The van der Waals surface area contributed by atoms with Crippen molar-refractivity contribution in [3.05, 3.63) is 0 Å². The van der Waals surface area contributed by atoms with E-state index in [9.17, 15) is 5.11 Å². The molecule has 1 heterocycles. The summed E-state index contributed by atoms with van der Waals surface area (Å²) in [7, 11) is 0. The fourth-order valence-corrected chi connectivity index (χ4v) is 3.39. The average molecular weight is 211 g/mol. The first-order valence-corrected chi connectivity index (χ1v) is 6.61. The van der Waals surface area contributed by atoms with Crippen molar-refractivity contribution in [2.75, 3.05) is 19.6 Å². The molecule has 0 bridgehead atoms. The summed E-state index contributed by atoms with van der Waals surface area (Å²) >= 11 is 0. The van der Waals surface area contributed by atoms with Crippen LogP contribution in [0.4, 0.5) is 0 Å². The van der Waals surface area contributed by atoms with Crippen LogP contribution in [0.5, 0.6) is 0 Å². The van der Waals surface area contributed by atoms with E-state index in [0.29, 0.717) is 5.41 Å². The van der Waals surface area contributed by atoms with E-state index in [0.717, 1.165) is 6.54 Å². The van der Waals surface area contributed by atoms with Crippen molar-refractivity contribution in [1.29, 1.82) is 0 Å².